The number of aryl methyl sites for hydroxylation is 1. The number of nitro groups is 1. The minimum absolute atomic E-state index is 0.0967. The Morgan fingerprint density at radius 1 is 1.30 bits per heavy atom. The lowest BCUT2D eigenvalue weighted by Gasteiger charge is -2.20. The van der Waals surface area contributed by atoms with E-state index in [-0.39, 0.29) is 17.4 Å². The maximum absolute atomic E-state index is 12.2. The lowest BCUT2D eigenvalue weighted by atomic mass is 9.96. The number of aromatic nitrogens is 2. The number of hydrogen-bond donors (Lipinski definition) is 2. The summed E-state index contributed by atoms with van der Waals surface area (Å²) in [4.78, 5) is 22.6. The number of carbonyl (C=O) groups excluding carboxylic acids is 1. The molecule has 2 rings (SSSR count). The second-order valence-corrected chi connectivity index (χ2v) is 5.32. The lowest BCUT2D eigenvalue weighted by molar-refractivity contribution is -0.385. The molecule has 1 aliphatic carbocycles. The van der Waals surface area contributed by atoms with Crippen molar-refractivity contribution in [2.75, 3.05) is 0 Å². The topological polar surface area (TPSA) is 101 Å². The number of nitrogens with one attached hydrogen (secondary N) is 2. The van der Waals surface area contributed by atoms with Gasteiger partial charge >= 0.3 is 5.69 Å². The maximum Gasteiger partial charge on any atom is 0.322 e. The van der Waals surface area contributed by atoms with Gasteiger partial charge in [0, 0.05) is 6.04 Å². The molecule has 0 unspecified atom stereocenters. The standard InChI is InChI=1S/C13H20N4O3/c1-9-12(17(19)20)11(16-15-9)13(18)14-10-7-5-3-2-4-6-8-10/h10H,2-8H2,1H3,(H,14,18)(H,15,16). The Bertz CT molecular complexity index is 490. The third kappa shape index (κ3) is 3.34. The third-order valence-corrected chi connectivity index (χ3v) is 3.75. The second kappa shape index (κ2) is 6.49. The van der Waals surface area contributed by atoms with Crippen LogP contribution in [0.1, 0.15) is 61.1 Å². The molecule has 1 fully saturated rings. The van der Waals surface area contributed by atoms with Crippen LogP contribution in [0.2, 0.25) is 0 Å². The number of nitrogens with zero attached hydrogens (tertiary/aromatic N) is 2. The highest BCUT2D eigenvalue weighted by Crippen LogP contribution is 2.21. The predicted molar refractivity (Wildman–Crippen MR) is 73.6 cm³/mol. The average Bonchev–Trinajstić information content (AvgIpc) is 2.74. The van der Waals surface area contributed by atoms with E-state index in [0.29, 0.717) is 5.69 Å². The first-order chi connectivity index (χ1) is 9.59. The summed E-state index contributed by atoms with van der Waals surface area (Å²) in [6.45, 7) is 1.54. The quantitative estimate of drug-likeness (QED) is 0.656. The number of amides is 1. The molecule has 0 saturated heterocycles. The van der Waals surface area contributed by atoms with E-state index in [1.807, 2.05) is 0 Å². The van der Waals surface area contributed by atoms with Crippen LogP contribution >= 0.6 is 0 Å². The van der Waals surface area contributed by atoms with Crippen molar-refractivity contribution in [3.63, 3.8) is 0 Å². The smallest absolute Gasteiger partial charge is 0.322 e. The van der Waals surface area contributed by atoms with Crippen molar-refractivity contribution in [1.82, 2.24) is 15.5 Å². The van der Waals surface area contributed by atoms with Gasteiger partial charge in [0.2, 0.25) is 5.69 Å². The second-order valence-electron chi connectivity index (χ2n) is 5.32. The Kier molecular flexibility index (Phi) is 4.70. The van der Waals surface area contributed by atoms with Crippen molar-refractivity contribution in [3.05, 3.63) is 21.5 Å². The molecular weight excluding hydrogens is 260 g/mol. The van der Waals surface area contributed by atoms with Crippen LogP contribution in [-0.4, -0.2) is 27.1 Å². The summed E-state index contributed by atoms with van der Waals surface area (Å²) in [7, 11) is 0. The minimum atomic E-state index is -0.564. The molecule has 110 valence electrons. The van der Waals surface area contributed by atoms with Gasteiger partial charge in [-0.1, -0.05) is 32.1 Å². The van der Waals surface area contributed by atoms with Crippen LogP contribution in [0.5, 0.6) is 0 Å². The van der Waals surface area contributed by atoms with E-state index in [2.05, 4.69) is 15.5 Å². The fourth-order valence-electron chi connectivity index (χ4n) is 2.66. The lowest BCUT2D eigenvalue weighted by Crippen LogP contribution is -2.35. The Hall–Kier alpha value is -1.92. The normalized spacial score (nSPS) is 17.2. The highest BCUT2D eigenvalue weighted by molar-refractivity contribution is 5.96. The number of H-pyrrole nitrogens is 1. The number of hydrogen-bond acceptors (Lipinski definition) is 4. The molecule has 0 atom stereocenters. The summed E-state index contributed by atoms with van der Waals surface area (Å²) in [5.41, 5.74) is -0.0410. The molecule has 7 nitrogen and oxygen atoms in total. The Morgan fingerprint density at radius 3 is 2.50 bits per heavy atom. The molecule has 2 N–H and O–H groups in total. The molecule has 1 amide bonds. The van der Waals surface area contributed by atoms with E-state index in [0.717, 1.165) is 25.7 Å². The van der Waals surface area contributed by atoms with Crippen molar-refractivity contribution in [1.29, 1.82) is 0 Å². The van der Waals surface area contributed by atoms with Crippen LogP contribution in [0.3, 0.4) is 0 Å². The van der Waals surface area contributed by atoms with E-state index in [9.17, 15) is 14.9 Å². The van der Waals surface area contributed by atoms with Gasteiger partial charge in [0.15, 0.2) is 0 Å². The van der Waals surface area contributed by atoms with Crippen molar-refractivity contribution in [3.8, 4) is 0 Å². The zero-order valence-electron chi connectivity index (χ0n) is 11.6. The summed E-state index contributed by atoms with van der Waals surface area (Å²) >= 11 is 0. The van der Waals surface area contributed by atoms with Crippen molar-refractivity contribution < 1.29 is 9.72 Å². The van der Waals surface area contributed by atoms with Gasteiger partial charge in [-0.05, 0) is 19.8 Å². The summed E-state index contributed by atoms with van der Waals surface area (Å²) in [5, 5.41) is 20.1. The SMILES string of the molecule is Cc1[nH]nc(C(=O)NC2CCCCCCC2)c1[N+](=O)[O-]. The molecule has 1 aromatic heterocycles. The molecule has 1 aliphatic rings. The highest BCUT2D eigenvalue weighted by atomic mass is 16.6. The molecule has 1 aromatic rings. The molecule has 7 heteroatoms. The van der Waals surface area contributed by atoms with Gasteiger partial charge in [0.05, 0.1) is 4.92 Å². The number of rotatable bonds is 3. The van der Waals surface area contributed by atoms with Gasteiger partial charge in [-0.2, -0.15) is 5.10 Å². The first kappa shape index (κ1) is 14.5. The number of aromatic amines is 1. The third-order valence-electron chi connectivity index (χ3n) is 3.75. The van der Waals surface area contributed by atoms with Crippen LogP contribution in [0.15, 0.2) is 0 Å². The first-order valence-electron chi connectivity index (χ1n) is 7.10. The van der Waals surface area contributed by atoms with Crippen LogP contribution in [0.25, 0.3) is 0 Å². The maximum atomic E-state index is 12.2. The fraction of sp³-hybridized carbons (Fsp3) is 0.692. The molecular formula is C13H20N4O3. The zero-order valence-corrected chi connectivity index (χ0v) is 11.6. The largest absolute Gasteiger partial charge is 0.348 e. The van der Waals surface area contributed by atoms with Crippen molar-refractivity contribution in [2.24, 2.45) is 0 Å². The van der Waals surface area contributed by atoms with Gasteiger partial charge in [-0.15, -0.1) is 0 Å². The Labute approximate surface area is 117 Å². The van der Waals surface area contributed by atoms with Crippen LogP contribution in [-0.2, 0) is 0 Å². The number of carbonyl (C=O) groups is 1. The van der Waals surface area contributed by atoms with Gasteiger partial charge in [-0.25, -0.2) is 0 Å². The first-order valence-corrected chi connectivity index (χ1v) is 7.10. The van der Waals surface area contributed by atoms with E-state index in [1.54, 1.807) is 0 Å². The van der Waals surface area contributed by atoms with Crippen molar-refractivity contribution >= 4 is 11.6 Å². The molecule has 0 bridgehead atoms. The minimum Gasteiger partial charge on any atom is -0.348 e. The predicted octanol–water partition coefficient (Wildman–Crippen LogP) is 2.47. The molecule has 0 aromatic carbocycles. The monoisotopic (exact) mass is 280 g/mol. The van der Waals surface area contributed by atoms with Crippen molar-refractivity contribution in [2.45, 2.75) is 57.9 Å². The highest BCUT2D eigenvalue weighted by Gasteiger charge is 2.28. The van der Waals surface area contributed by atoms with Crippen LogP contribution in [0.4, 0.5) is 5.69 Å². The van der Waals surface area contributed by atoms with E-state index >= 15 is 0 Å². The summed E-state index contributed by atoms with van der Waals surface area (Å²) in [5.74, 6) is -0.452. The Morgan fingerprint density at radius 2 is 1.90 bits per heavy atom. The van der Waals surface area contributed by atoms with Gasteiger partial charge < -0.3 is 5.32 Å². The Balaban J connectivity index is 2.05. The van der Waals surface area contributed by atoms with E-state index in [4.69, 9.17) is 0 Å². The molecule has 0 aliphatic heterocycles. The summed E-state index contributed by atoms with van der Waals surface area (Å²) < 4.78 is 0. The van der Waals surface area contributed by atoms with E-state index in [1.165, 1.54) is 26.2 Å². The molecule has 20 heavy (non-hydrogen) atoms. The molecule has 0 radical (unpaired) electrons. The van der Waals surface area contributed by atoms with E-state index < -0.39 is 10.8 Å². The van der Waals surface area contributed by atoms with Crippen LogP contribution < -0.4 is 5.32 Å². The van der Waals surface area contributed by atoms with Gasteiger partial charge in [0.1, 0.15) is 5.69 Å². The molecule has 0 spiro atoms. The van der Waals surface area contributed by atoms with Gasteiger partial charge in [0.25, 0.3) is 5.91 Å². The van der Waals surface area contributed by atoms with Crippen LogP contribution in [0, 0.1) is 17.0 Å². The average molecular weight is 280 g/mol. The van der Waals surface area contributed by atoms with Gasteiger partial charge in [-0.3, -0.25) is 20.0 Å². The molecule has 1 saturated carbocycles. The summed E-state index contributed by atoms with van der Waals surface area (Å²) in [6.07, 6.45) is 7.68. The zero-order chi connectivity index (χ0) is 14.5. The summed E-state index contributed by atoms with van der Waals surface area (Å²) in [6, 6.07) is 0.0967. The molecule has 1 heterocycles. The fourth-order valence-corrected chi connectivity index (χ4v) is 2.66.